The molecule has 0 spiro atoms. The zero-order valence-corrected chi connectivity index (χ0v) is 18.1. The Morgan fingerprint density at radius 1 is 1.00 bits per heavy atom. The van der Waals surface area contributed by atoms with Crippen molar-refractivity contribution in [2.24, 2.45) is 5.10 Å². The summed E-state index contributed by atoms with van der Waals surface area (Å²) in [5.74, 6) is -0.828. The second-order valence-corrected chi connectivity index (χ2v) is 8.79. The number of benzene rings is 2. The van der Waals surface area contributed by atoms with Crippen LogP contribution in [0.1, 0.15) is 12.5 Å². The van der Waals surface area contributed by atoms with E-state index in [1.807, 2.05) is 43.3 Å². The summed E-state index contributed by atoms with van der Waals surface area (Å²) >= 11 is 0. The first-order valence-corrected chi connectivity index (χ1v) is 10.5. The maximum Gasteiger partial charge on any atom is 0.255 e. The molecule has 0 unspecified atom stereocenters. The average Bonchev–Trinajstić information content (AvgIpc) is 2.68. The Kier molecular flexibility index (Phi) is 7.67. The lowest BCUT2D eigenvalue weighted by Gasteiger charge is -2.16. The van der Waals surface area contributed by atoms with Crippen LogP contribution in [0, 0.1) is 0 Å². The predicted octanol–water partition coefficient (Wildman–Crippen LogP) is 1.48. The molecule has 9 nitrogen and oxygen atoms in total. The summed E-state index contributed by atoms with van der Waals surface area (Å²) in [6.45, 7) is 0.963. The minimum Gasteiger partial charge on any atom is -0.378 e. The van der Waals surface area contributed by atoms with Crippen LogP contribution in [-0.4, -0.2) is 58.4 Å². The molecule has 10 heteroatoms. The van der Waals surface area contributed by atoms with E-state index in [-0.39, 0.29) is 10.8 Å². The molecule has 0 bridgehead atoms. The number of amides is 2. The van der Waals surface area contributed by atoms with Crippen molar-refractivity contribution < 1.29 is 18.0 Å². The molecule has 0 fully saturated rings. The van der Waals surface area contributed by atoms with Gasteiger partial charge in [0.1, 0.15) is 0 Å². The van der Waals surface area contributed by atoms with Crippen molar-refractivity contribution in [3.05, 3.63) is 54.1 Å². The second-order valence-electron chi connectivity index (χ2n) is 6.75. The van der Waals surface area contributed by atoms with Gasteiger partial charge in [0, 0.05) is 39.4 Å². The Balaban J connectivity index is 1.94. The second kappa shape index (κ2) is 9.99. The van der Waals surface area contributed by atoms with Gasteiger partial charge in [-0.25, -0.2) is 13.8 Å². The minimum atomic E-state index is -3.87. The van der Waals surface area contributed by atoms with E-state index in [0.29, 0.717) is 5.69 Å². The molecule has 0 radical (unpaired) electrons. The fourth-order valence-corrected chi connectivity index (χ4v) is 3.58. The highest BCUT2D eigenvalue weighted by Gasteiger charge is 2.22. The number of rotatable bonds is 8. The number of likely N-dealkylation sites (N-methyl/N-ethyl adjacent to an activating group) is 1. The van der Waals surface area contributed by atoms with Crippen LogP contribution < -0.4 is 15.6 Å². The summed E-state index contributed by atoms with van der Waals surface area (Å²) in [5, 5.41) is 6.42. The highest BCUT2D eigenvalue weighted by molar-refractivity contribution is 7.89. The number of hydrogen-bond donors (Lipinski definition) is 2. The van der Waals surface area contributed by atoms with Gasteiger partial charge in [0.15, 0.2) is 0 Å². The standard InChI is InChI=1S/C20H25N5O4S/c1-15(26)22-17-7-11-19(12-8-17)30(28,29)25(4)14-20(27)23-21-13-16-5-9-18(10-6-16)24(2)3/h5-13H,14H2,1-4H3,(H,22,26)(H,23,27)/b21-13-. The van der Waals surface area contributed by atoms with Gasteiger partial charge in [-0.3, -0.25) is 9.59 Å². The quantitative estimate of drug-likeness (QED) is 0.486. The number of nitrogens with one attached hydrogen (secondary N) is 2. The highest BCUT2D eigenvalue weighted by Crippen LogP contribution is 2.17. The average molecular weight is 432 g/mol. The van der Waals surface area contributed by atoms with Crippen molar-refractivity contribution in [1.29, 1.82) is 0 Å². The molecule has 0 saturated carbocycles. The van der Waals surface area contributed by atoms with E-state index in [0.717, 1.165) is 15.6 Å². The van der Waals surface area contributed by atoms with Crippen LogP contribution in [0.3, 0.4) is 0 Å². The van der Waals surface area contributed by atoms with Gasteiger partial charge in [0.05, 0.1) is 17.7 Å². The Bertz CT molecular complexity index is 1020. The lowest BCUT2D eigenvalue weighted by Crippen LogP contribution is -2.36. The topological polar surface area (TPSA) is 111 Å². The van der Waals surface area contributed by atoms with E-state index in [1.54, 1.807) is 0 Å². The largest absolute Gasteiger partial charge is 0.378 e. The number of carbonyl (C=O) groups excluding carboxylic acids is 2. The first-order valence-electron chi connectivity index (χ1n) is 9.03. The van der Waals surface area contributed by atoms with Gasteiger partial charge >= 0.3 is 0 Å². The van der Waals surface area contributed by atoms with E-state index < -0.39 is 22.5 Å². The van der Waals surface area contributed by atoms with Crippen LogP contribution in [0.25, 0.3) is 0 Å². The van der Waals surface area contributed by atoms with E-state index in [4.69, 9.17) is 0 Å². The van der Waals surface area contributed by atoms with Gasteiger partial charge < -0.3 is 10.2 Å². The number of nitrogens with zero attached hydrogens (tertiary/aromatic N) is 3. The van der Waals surface area contributed by atoms with Gasteiger partial charge in [-0.2, -0.15) is 9.41 Å². The van der Waals surface area contributed by atoms with Crippen LogP contribution >= 0.6 is 0 Å². The van der Waals surface area contributed by atoms with Crippen molar-refractivity contribution in [1.82, 2.24) is 9.73 Å². The van der Waals surface area contributed by atoms with E-state index in [9.17, 15) is 18.0 Å². The summed E-state index contributed by atoms with van der Waals surface area (Å²) in [6.07, 6.45) is 1.48. The SMILES string of the molecule is CC(=O)Nc1ccc(S(=O)(=O)N(C)CC(=O)N/N=C\c2ccc(N(C)C)cc2)cc1. The molecule has 0 aromatic heterocycles. The van der Waals surface area contributed by atoms with Gasteiger partial charge in [0.25, 0.3) is 5.91 Å². The zero-order chi connectivity index (χ0) is 22.3. The van der Waals surface area contributed by atoms with Crippen LogP contribution in [0.15, 0.2) is 58.5 Å². The molecule has 0 aliphatic rings. The molecule has 0 aliphatic carbocycles. The number of hydrazone groups is 1. The lowest BCUT2D eigenvalue weighted by atomic mass is 10.2. The molecule has 2 amide bonds. The molecule has 160 valence electrons. The van der Waals surface area contributed by atoms with Crippen molar-refractivity contribution in [3.8, 4) is 0 Å². The highest BCUT2D eigenvalue weighted by atomic mass is 32.2. The van der Waals surface area contributed by atoms with Gasteiger partial charge in [-0.1, -0.05) is 12.1 Å². The number of carbonyl (C=O) groups is 2. The molecule has 0 atom stereocenters. The maximum absolute atomic E-state index is 12.6. The number of hydrogen-bond acceptors (Lipinski definition) is 6. The summed E-state index contributed by atoms with van der Waals surface area (Å²) < 4.78 is 26.1. The van der Waals surface area contributed by atoms with E-state index >= 15 is 0 Å². The smallest absolute Gasteiger partial charge is 0.255 e. The summed E-state index contributed by atoms with van der Waals surface area (Å²) in [4.78, 5) is 25.1. The first kappa shape index (κ1) is 23.0. The van der Waals surface area contributed by atoms with Crippen molar-refractivity contribution in [2.45, 2.75) is 11.8 Å². The fourth-order valence-electron chi connectivity index (χ4n) is 2.45. The normalized spacial score (nSPS) is 11.5. The minimum absolute atomic E-state index is 0.0105. The molecule has 2 N–H and O–H groups in total. The van der Waals surface area contributed by atoms with Crippen molar-refractivity contribution >= 4 is 39.4 Å². The molecule has 2 aromatic carbocycles. The molecular weight excluding hydrogens is 406 g/mol. The van der Waals surface area contributed by atoms with Gasteiger partial charge in [-0.05, 0) is 42.0 Å². The fraction of sp³-hybridized carbons (Fsp3) is 0.250. The van der Waals surface area contributed by atoms with Crippen LogP contribution in [0.5, 0.6) is 0 Å². The molecule has 0 heterocycles. The van der Waals surface area contributed by atoms with Crippen molar-refractivity contribution in [3.63, 3.8) is 0 Å². The molecule has 0 aliphatic heterocycles. The van der Waals surface area contributed by atoms with Gasteiger partial charge in [-0.15, -0.1) is 0 Å². The van der Waals surface area contributed by atoms with Crippen molar-refractivity contribution in [2.75, 3.05) is 37.9 Å². The molecule has 30 heavy (non-hydrogen) atoms. The van der Waals surface area contributed by atoms with Crippen LogP contribution in [0.4, 0.5) is 11.4 Å². The summed E-state index contributed by atoms with van der Waals surface area (Å²) in [6, 6.07) is 13.2. The Morgan fingerprint density at radius 3 is 2.13 bits per heavy atom. The Labute approximate surface area is 176 Å². The summed E-state index contributed by atoms with van der Waals surface area (Å²) in [7, 11) is 1.31. The van der Waals surface area contributed by atoms with Crippen LogP contribution in [0.2, 0.25) is 0 Å². The van der Waals surface area contributed by atoms with E-state index in [1.165, 1.54) is 44.5 Å². The van der Waals surface area contributed by atoms with E-state index in [2.05, 4.69) is 15.8 Å². The van der Waals surface area contributed by atoms with Gasteiger partial charge in [0.2, 0.25) is 15.9 Å². The third-order valence-corrected chi connectivity index (χ3v) is 5.88. The van der Waals surface area contributed by atoms with Crippen LogP contribution in [-0.2, 0) is 19.6 Å². The first-order chi connectivity index (χ1) is 14.1. The molecular formula is C20H25N5O4S. The third kappa shape index (κ3) is 6.39. The Hall–Kier alpha value is -3.24. The molecule has 2 rings (SSSR count). The Morgan fingerprint density at radius 2 is 1.60 bits per heavy atom. The summed E-state index contributed by atoms with van der Waals surface area (Å²) in [5.41, 5.74) is 4.63. The molecule has 0 saturated heterocycles. The lowest BCUT2D eigenvalue weighted by molar-refractivity contribution is -0.121. The zero-order valence-electron chi connectivity index (χ0n) is 17.3. The predicted molar refractivity (Wildman–Crippen MR) is 117 cm³/mol. The monoisotopic (exact) mass is 431 g/mol. The maximum atomic E-state index is 12.6. The molecule has 2 aromatic rings. The third-order valence-electron chi connectivity index (χ3n) is 4.06. The number of sulfonamides is 1. The number of anilines is 2.